The Morgan fingerprint density at radius 1 is 0.176 bits per heavy atom. The third kappa shape index (κ3) is 128. The van der Waals surface area contributed by atoms with E-state index in [1.807, 2.05) is 32.9 Å². The van der Waals surface area contributed by atoms with Crippen molar-refractivity contribution in [2.75, 3.05) is 0 Å². The molecule has 10 heteroatoms. The minimum atomic E-state index is -2.22. The van der Waals surface area contributed by atoms with Crippen molar-refractivity contribution in [3.05, 3.63) is 243 Å². The summed E-state index contributed by atoms with van der Waals surface area (Å²) in [4.78, 5) is 52.0. The van der Waals surface area contributed by atoms with Gasteiger partial charge in [0.1, 0.15) is 0 Å². The van der Waals surface area contributed by atoms with Crippen LogP contribution in [0.2, 0.25) is 0 Å². The summed E-state index contributed by atoms with van der Waals surface area (Å²) in [6.07, 6.45) is 46.1. The number of carboxylic acid groups (broad SMARTS) is 5. The first-order valence-electron chi connectivity index (χ1n) is 53.4. The maximum absolute atomic E-state index is 10.5. The molecule has 0 aliphatic rings. The lowest BCUT2D eigenvalue weighted by atomic mass is 10.1. The summed E-state index contributed by atoms with van der Waals surface area (Å²) in [5.74, 6) is -4.29. The number of hydrogen-bond acceptors (Lipinski definition) is 5. The van der Waals surface area contributed by atoms with Crippen molar-refractivity contribution in [3.8, 4) is 0 Å². The van der Waals surface area contributed by atoms with Crippen LogP contribution in [-0.2, 0) is 24.0 Å². The van der Waals surface area contributed by atoms with E-state index in [1.165, 1.54) is 79.7 Å². The first kappa shape index (κ1) is 62.9. The first-order valence-corrected chi connectivity index (χ1v) is 38.4. The van der Waals surface area contributed by atoms with Gasteiger partial charge >= 0.3 is 29.8 Å². The Kier molecular flexibility index (Phi) is 61.4. The van der Waals surface area contributed by atoms with Crippen LogP contribution in [0.1, 0.15) is 383 Å². The highest BCUT2D eigenvalue weighted by Gasteiger charge is 1.98. The Hall–Kier alpha value is -7.85. The SMILES string of the molecule is [2H]C([2H])(/C=C\CC)/C=C\C([2H])([2H])/C=C\C([2H])([2H])/C=C\C([2H])([2H])/C=C\C([2H])([2H])/C=C\CCC(=O)O.[2H]C([2H])(/C=C\CC)/C=C\C([2H])([2H])/C=C\C([2H])([2H])/C=C\C([2H])([2H])/C=C\CCCC(=O)O.[2H]C([2H])(/C=C\CC)/C=C\C([2H])([2H])/C=C\CCCCCCCC(=O)O.[2H]C([2H])(/C=C\CCCCC)/C=C\C([2H])([2H])/C=C\C([2H])([2H])/C=C\CCCC(=O)O.[2H]C([2H])(/C=C\CCCCC)/C=C\CCCCCCCC(=O)O. The second-order valence-electron chi connectivity index (χ2n) is 23.0. The molecule has 0 fully saturated rings. The van der Waals surface area contributed by atoms with Crippen LogP contribution in [0.4, 0.5) is 0 Å². The molecule has 0 aromatic rings. The lowest BCUT2D eigenvalue weighted by Crippen LogP contribution is -1.93. The Morgan fingerprint density at radius 2 is 0.324 bits per heavy atom. The molecular weight excluding hydrogens is 1340 g/mol. The molecule has 0 saturated carbocycles. The van der Waals surface area contributed by atoms with Gasteiger partial charge in [0.25, 0.3) is 0 Å². The molecule has 0 aromatic heterocycles. The largest absolute Gasteiger partial charge is 0.481 e. The predicted molar refractivity (Wildman–Crippen MR) is 471 cm³/mol. The van der Waals surface area contributed by atoms with E-state index < -0.39 is 125 Å². The van der Waals surface area contributed by atoms with Gasteiger partial charge in [0.05, 0.1) is 0 Å². The second-order valence-corrected chi connectivity index (χ2v) is 23.0. The zero-order valence-corrected chi connectivity index (χ0v) is 65.7. The summed E-state index contributed by atoms with van der Waals surface area (Å²) in [6, 6.07) is 0. The number of allylic oxidation sites excluding steroid dienone is 40. The van der Waals surface area contributed by atoms with Crippen molar-refractivity contribution < 1.29 is 90.6 Å². The van der Waals surface area contributed by atoms with Crippen molar-refractivity contribution in [1.82, 2.24) is 0 Å². The minimum absolute atomic E-state index is 0.0105. The lowest BCUT2D eigenvalue weighted by Gasteiger charge is -1.98. The quantitative estimate of drug-likeness (QED) is 0.0290. The predicted octanol–water partition coefficient (Wildman–Crippen LogP) is 30.3. The first-order chi connectivity index (χ1) is 63.5. The van der Waals surface area contributed by atoms with Crippen molar-refractivity contribution >= 4 is 29.8 Å². The molecule has 10 nitrogen and oxygen atoms in total. The van der Waals surface area contributed by atoms with E-state index in [0.717, 1.165) is 231 Å². The molecule has 0 radical (unpaired) electrons. The van der Waals surface area contributed by atoms with Gasteiger partial charge in [-0.2, -0.15) is 0 Å². The lowest BCUT2D eigenvalue weighted by molar-refractivity contribution is -0.138. The number of rotatable bonds is 68. The Bertz CT molecular complexity index is 4030. The molecule has 5 N–H and O–H groups in total. The molecule has 0 aromatic carbocycles. The van der Waals surface area contributed by atoms with Gasteiger partial charge in [-0.25, -0.2) is 0 Å². The summed E-state index contributed by atoms with van der Waals surface area (Å²) in [6.45, 7) is 9.87. The molecule has 0 unspecified atom stereocenters. The Labute approximate surface area is 703 Å². The van der Waals surface area contributed by atoms with Crippen molar-refractivity contribution in [1.29, 1.82) is 0 Å². The summed E-state index contributed by atoms with van der Waals surface area (Å²) < 4.78 is 235. The van der Waals surface area contributed by atoms with Crippen LogP contribution in [0, 0.1) is 0 Å². The van der Waals surface area contributed by atoms with Crippen LogP contribution in [0.3, 0.4) is 0 Å². The number of hydrogen-bond donors (Lipinski definition) is 5. The highest BCUT2D eigenvalue weighted by Crippen LogP contribution is 2.11. The second kappa shape index (κ2) is 106. The maximum Gasteiger partial charge on any atom is 0.303 e. The Balaban J connectivity index is -0.000000538. The summed E-state index contributed by atoms with van der Waals surface area (Å²) in [5.41, 5.74) is 0. The zero-order chi connectivity index (χ0) is 107. The van der Waals surface area contributed by atoms with Gasteiger partial charge in [-0.05, 0) is 211 Å². The van der Waals surface area contributed by atoms with Crippen LogP contribution >= 0.6 is 0 Å². The maximum atomic E-state index is 10.5. The fourth-order valence-corrected chi connectivity index (χ4v) is 7.52. The molecule has 0 heterocycles. The highest BCUT2D eigenvalue weighted by molar-refractivity contribution is 5.67. The summed E-state index contributed by atoms with van der Waals surface area (Å²) in [7, 11) is 0. The van der Waals surface area contributed by atoms with Gasteiger partial charge in [0.2, 0.25) is 0 Å². The monoisotopic (exact) mass is 1520 g/mol. The summed E-state index contributed by atoms with van der Waals surface area (Å²) in [5, 5.41) is 42.7. The summed E-state index contributed by atoms with van der Waals surface area (Å²) >= 11 is 0. The average Bonchev–Trinajstić information content (AvgIpc) is 0.764. The van der Waals surface area contributed by atoms with Crippen molar-refractivity contribution in [2.45, 2.75) is 342 Å². The average molecular weight is 1520 g/mol. The molecule has 0 aliphatic carbocycles. The molecule has 608 valence electrons. The molecule has 108 heavy (non-hydrogen) atoms. The van der Waals surface area contributed by atoms with Gasteiger partial charge in [-0.1, -0.05) is 342 Å². The normalized spacial score (nSPS) is 18.5. The van der Waals surface area contributed by atoms with Crippen molar-refractivity contribution in [2.24, 2.45) is 0 Å². The van der Waals surface area contributed by atoms with Crippen molar-refractivity contribution in [3.63, 3.8) is 0 Å². The van der Waals surface area contributed by atoms with Gasteiger partial charge in [-0.3, -0.25) is 24.0 Å². The van der Waals surface area contributed by atoms with Gasteiger partial charge in [0, 0.05) is 73.2 Å². The molecule has 0 spiro atoms. The topological polar surface area (TPSA) is 186 Å². The van der Waals surface area contributed by atoms with E-state index in [2.05, 4.69) is 13.8 Å². The molecule has 0 saturated heterocycles. The zero-order valence-electron chi connectivity index (χ0n) is 95.7. The fourth-order valence-electron chi connectivity index (χ4n) is 7.52. The van der Waals surface area contributed by atoms with E-state index in [4.69, 9.17) is 66.7 Å². The number of unbranched alkanes of at least 4 members (excludes halogenated alkanes) is 18. The molecule has 0 atom stereocenters. The third-order valence-corrected chi connectivity index (χ3v) is 13.1. The van der Waals surface area contributed by atoms with Gasteiger partial charge in [-0.15, -0.1) is 0 Å². The van der Waals surface area contributed by atoms with Crippen LogP contribution in [0.5, 0.6) is 0 Å². The van der Waals surface area contributed by atoms with Crippen LogP contribution < -0.4 is 0 Å². The molecule has 0 aliphatic heterocycles. The van der Waals surface area contributed by atoms with Gasteiger partial charge in [0.15, 0.2) is 0 Å². The van der Waals surface area contributed by atoms with Crippen LogP contribution in [-0.4, -0.2) is 55.4 Å². The molecule has 0 rings (SSSR count). The molecule has 0 amide bonds. The fraction of sp³-hybridized carbons (Fsp3) is 0.541. The smallest absolute Gasteiger partial charge is 0.303 e. The Morgan fingerprint density at radius 3 is 0.519 bits per heavy atom. The number of aliphatic carboxylic acids is 5. The van der Waals surface area contributed by atoms with E-state index >= 15 is 0 Å². The molecule has 0 bridgehead atoms. The van der Waals surface area contributed by atoms with Gasteiger partial charge < -0.3 is 25.5 Å². The molecular formula is C98H156O10. The number of carbonyl (C=O) groups is 5. The van der Waals surface area contributed by atoms with E-state index in [-0.39, 0.29) is 38.5 Å². The third-order valence-electron chi connectivity index (χ3n) is 13.1. The van der Waals surface area contributed by atoms with E-state index in [9.17, 15) is 24.0 Å². The van der Waals surface area contributed by atoms with E-state index in [0.29, 0.717) is 44.9 Å². The number of carboxylic acids is 5. The highest BCUT2D eigenvalue weighted by atomic mass is 16.4. The van der Waals surface area contributed by atoms with E-state index in [1.54, 1.807) is 48.6 Å². The standard InChI is InChI=1S/C22H32O2.C20H32O2.C20H30O2.C18H32O2.C18H30O2/c1-2-3-4-5-6-7-8-9-10-11-12-13-14-15-16-17-18-19-20-21-22(23)24;2*1-2-3-4-5-6-7-8-9-10-11-12-13-14-15-16-17-18-19-20(21)22;2*1-2-3-4-5-6-7-8-9-10-11-12-13-14-15-16-17-18(19)20/h3-4,6-7,9-10,12-13,15-16,18-19H,2,5,8,11,14,17,20-21H2,1H3,(H,23,24);6-7,9-10,12-13,15-16H,2-5,8,11,14,17-19H2,1H3,(H,21,22);3-4,6-7,9-10,12-13,15-16H,2,5,8,11,14,17-19H2,1H3,(H,21,22);6-7,9-10H,2-5,8,11-17H2,1H3,(H,19,20);3-4,6-7,9-10H,2,5,8,11-17H2,1H3,(H,19,20)/b4-3-,7-6-,10-9-,13-12-,16-15-,19-18-;7-6-,10-9-,13-12-,16-15-;4-3-,7-6-,10-9-,13-12-,16-15-;7-6-,10-9-;4-3-,7-6-,10-9-/i5D2,8D2,11D2,14D2,17D2;8D2,11D2,14D2;5D2,8D2,11D2,14D2;8D2;5D2,8D2. The minimum Gasteiger partial charge on any atom is -0.481 e. The van der Waals surface area contributed by atoms with Crippen LogP contribution in [0.25, 0.3) is 0 Å². The van der Waals surface area contributed by atoms with Crippen LogP contribution in [0.15, 0.2) is 243 Å².